The van der Waals surface area contributed by atoms with Crippen LogP contribution in [0.4, 0.5) is 4.39 Å². The highest BCUT2D eigenvalue weighted by atomic mass is 19.1. The van der Waals surface area contributed by atoms with Gasteiger partial charge in [-0.1, -0.05) is 12.1 Å². The number of amides is 2. The molecule has 1 aromatic carbocycles. The molecule has 0 aromatic heterocycles. The van der Waals surface area contributed by atoms with Crippen LogP contribution in [0.25, 0.3) is 0 Å². The fourth-order valence-electron chi connectivity index (χ4n) is 1.66. The average molecular weight is 222 g/mol. The monoisotopic (exact) mass is 222 g/mol. The van der Waals surface area contributed by atoms with E-state index in [4.69, 9.17) is 0 Å². The van der Waals surface area contributed by atoms with Crippen molar-refractivity contribution in [1.82, 2.24) is 10.2 Å². The second-order valence-electron chi connectivity index (χ2n) is 3.75. The molecule has 1 unspecified atom stereocenters. The molecule has 1 aromatic rings. The maximum atomic E-state index is 12.7. The molecule has 0 saturated carbocycles. The van der Waals surface area contributed by atoms with Crippen LogP contribution in [0.2, 0.25) is 0 Å². The zero-order chi connectivity index (χ0) is 11.7. The summed E-state index contributed by atoms with van der Waals surface area (Å²) in [5.74, 6) is -0.769. The molecule has 84 valence electrons. The lowest BCUT2D eigenvalue weighted by Gasteiger charge is -2.29. The quantitative estimate of drug-likeness (QED) is 0.750. The molecular formula is C11H11FN2O2. The van der Waals surface area contributed by atoms with Crippen LogP contribution in [0.15, 0.2) is 24.3 Å². The molecule has 1 fully saturated rings. The van der Waals surface area contributed by atoms with Crippen LogP contribution >= 0.6 is 0 Å². The highest BCUT2D eigenvalue weighted by Gasteiger charge is 2.31. The van der Waals surface area contributed by atoms with E-state index >= 15 is 0 Å². The zero-order valence-electron chi connectivity index (χ0n) is 8.74. The molecule has 1 saturated heterocycles. The van der Waals surface area contributed by atoms with Gasteiger partial charge in [-0.05, 0) is 17.7 Å². The first-order valence-corrected chi connectivity index (χ1v) is 4.88. The van der Waals surface area contributed by atoms with Gasteiger partial charge in [0.2, 0.25) is 11.8 Å². The highest BCUT2D eigenvalue weighted by Crippen LogP contribution is 2.18. The van der Waals surface area contributed by atoms with Gasteiger partial charge >= 0.3 is 0 Å². The molecular weight excluding hydrogens is 211 g/mol. The van der Waals surface area contributed by atoms with E-state index in [1.165, 1.54) is 29.2 Å². The summed E-state index contributed by atoms with van der Waals surface area (Å²) in [6.45, 7) is 0.0660. The number of likely N-dealkylation sites (N-methyl/N-ethyl adjacent to an activating group) is 1. The van der Waals surface area contributed by atoms with E-state index in [0.717, 1.165) is 0 Å². The van der Waals surface area contributed by atoms with Gasteiger partial charge < -0.3 is 10.2 Å². The number of nitrogens with one attached hydrogen (secondary N) is 1. The number of carbonyl (C=O) groups excluding carboxylic acids is 2. The summed E-state index contributed by atoms with van der Waals surface area (Å²) in [7, 11) is 1.57. The number of benzene rings is 1. The Hall–Kier alpha value is -1.91. The second kappa shape index (κ2) is 3.92. The molecule has 16 heavy (non-hydrogen) atoms. The van der Waals surface area contributed by atoms with E-state index in [9.17, 15) is 14.0 Å². The summed E-state index contributed by atoms with van der Waals surface area (Å²) in [4.78, 5) is 24.4. The first kappa shape index (κ1) is 10.6. The van der Waals surface area contributed by atoms with Crippen molar-refractivity contribution in [2.75, 3.05) is 13.6 Å². The highest BCUT2D eigenvalue weighted by molar-refractivity contribution is 5.95. The zero-order valence-corrected chi connectivity index (χ0v) is 8.74. The van der Waals surface area contributed by atoms with Crippen LogP contribution < -0.4 is 5.32 Å². The smallest absolute Gasteiger partial charge is 0.250 e. The molecule has 1 atom stereocenters. The van der Waals surface area contributed by atoms with Crippen LogP contribution in [0.1, 0.15) is 11.6 Å². The van der Waals surface area contributed by atoms with Crippen molar-refractivity contribution in [3.05, 3.63) is 35.6 Å². The topological polar surface area (TPSA) is 49.4 Å². The summed E-state index contributed by atoms with van der Waals surface area (Å²) < 4.78 is 12.7. The Morgan fingerprint density at radius 3 is 2.56 bits per heavy atom. The van der Waals surface area contributed by atoms with Gasteiger partial charge in [0.15, 0.2) is 0 Å². The van der Waals surface area contributed by atoms with Crippen LogP contribution in [-0.2, 0) is 9.59 Å². The van der Waals surface area contributed by atoms with Crippen LogP contribution in [-0.4, -0.2) is 30.3 Å². The summed E-state index contributed by atoms with van der Waals surface area (Å²) >= 11 is 0. The number of nitrogens with zero attached hydrogens (tertiary/aromatic N) is 1. The minimum absolute atomic E-state index is 0.0660. The maximum absolute atomic E-state index is 12.7. The van der Waals surface area contributed by atoms with Crippen LogP contribution in [0.5, 0.6) is 0 Å². The molecule has 0 spiro atoms. The van der Waals surface area contributed by atoms with Gasteiger partial charge in [0.25, 0.3) is 0 Å². The Morgan fingerprint density at radius 1 is 1.31 bits per heavy atom. The minimum atomic E-state index is -0.702. The number of halogens is 1. The number of rotatable bonds is 1. The molecule has 0 aliphatic carbocycles. The Labute approximate surface area is 92.0 Å². The van der Waals surface area contributed by atoms with Gasteiger partial charge in [0.05, 0.1) is 6.54 Å². The second-order valence-corrected chi connectivity index (χ2v) is 3.75. The standard InChI is InChI=1S/C11H11FN2O2/c1-14-6-9(15)13-10(11(14)16)7-2-4-8(12)5-3-7/h2-5,10H,6H2,1H3,(H,13,15). The number of piperazine rings is 1. The molecule has 1 N–H and O–H groups in total. The third-order valence-corrected chi connectivity index (χ3v) is 2.51. The van der Waals surface area contributed by atoms with Crippen molar-refractivity contribution in [2.24, 2.45) is 0 Å². The Kier molecular flexibility index (Phi) is 2.60. The van der Waals surface area contributed by atoms with Crippen molar-refractivity contribution >= 4 is 11.8 Å². The van der Waals surface area contributed by atoms with Gasteiger partial charge in [-0.25, -0.2) is 4.39 Å². The maximum Gasteiger partial charge on any atom is 0.250 e. The first-order chi connectivity index (χ1) is 7.58. The number of hydrogen-bond donors (Lipinski definition) is 1. The van der Waals surface area contributed by atoms with Crippen molar-refractivity contribution in [3.8, 4) is 0 Å². The molecule has 2 amide bonds. The van der Waals surface area contributed by atoms with Gasteiger partial charge in [0.1, 0.15) is 11.9 Å². The molecule has 1 aliphatic heterocycles. The van der Waals surface area contributed by atoms with E-state index < -0.39 is 6.04 Å². The third-order valence-electron chi connectivity index (χ3n) is 2.51. The number of carbonyl (C=O) groups is 2. The van der Waals surface area contributed by atoms with Gasteiger partial charge in [-0.3, -0.25) is 9.59 Å². The van der Waals surface area contributed by atoms with E-state index in [1.807, 2.05) is 0 Å². The van der Waals surface area contributed by atoms with Gasteiger partial charge in [-0.2, -0.15) is 0 Å². The first-order valence-electron chi connectivity index (χ1n) is 4.88. The molecule has 1 aliphatic rings. The Balaban J connectivity index is 2.28. The SMILES string of the molecule is CN1CC(=O)NC(c2ccc(F)cc2)C1=O. The Bertz CT molecular complexity index is 430. The molecule has 1 heterocycles. The third kappa shape index (κ3) is 1.88. The normalized spacial score (nSPS) is 20.9. The lowest BCUT2D eigenvalue weighted by molar-refractivity contribution is -0.143. The van der Waals surface area contributed by atoms with Crippen molar-refractivity contribution < 1.29 is 14.0 Å². The Morgan fingerprint density at radius 2 is 1.94 bits per heavy atom. The van der Waals surface area contributed by atoms with Crippen molar-refractivity contribution in [2.45, 2.75) is 6.04 Å². The van der Waals surface area contributed by atoms with Crippen LogP contribution in [0, 0.1) is 5.82 Å². The summed E-state index contributed by atoms with van der Waals surface area (Å²) in [5, 5.41) is 2.58. The lowest BCUT2D eigenvalue weighted by Crippen LogP contribution is -2.51. The molecule has 5 heteroatoms. The molecule has 0 bridgehead atoms. The number of hydrogen-bond acceptors (Lipinski definition) is 2. The summed E-state index contributed by atoms with van der Waals surface area (Å²) in [6.07, 6.45) is 0. The fraction of sp³-hybridized carbons (Fsp3) is 0.273. The van der Waals surface area contributed by atoms with E-state index in [2.05, 4.69) is 5.32 Å². The molecule has 0 radical (unpaired) electrons. The van der Waals surface area contributed by atoms with E-state index in [-0.39, 0.29) is 24.2 Å². The minimum Gasteiger partial charge on any atom is -0.339 e. The largest absolute Gasteiger partial charge is 0.339 e. The van der Waals surface area contributed by atoms with E-state index in [0.29, 0.717) is 5.56 Å². The lowest BCUT2D eigenvalue weighted by atomic mass is 10.0. The van der Waals surface area contributed by atoms with Crippen molar-refractivity contribution in [3.63, 3.8) is 0 Å². The van der Waals surface area contributed by atoms with Gasteiger partial charge in [0, 0.05) is 7.05 Å². The average Bonchev–Trinajstić information content (AvgIpc) is 2.25. The van der Waals surface area contributed by atoms with E-state index in [1.54, 1.807) is 7.05 Å². The predicted molar refractivity (Wildman–Crippen MR) is 54.9 cm³/mol. The molecule has 2 rings (SSSR count). The fourth-order valence-corrected chi connectivity index (χ4v) is 1.66. The summed E-state index contributed by atoms with van der Waals surface area (Å²) in [5.41, 5.74) is 0.589. The van der Waals surface area contributed by atoms with Crippen LogP contribution in [0.3, 0.4) is 0 Å². The summed E-state index contributed by atoms with van der Waals surface area (Å²) in [6, 6.07) is 4.83. The van der Waals surface area contributed by atoms with Crippen molar-refractivity contribution in [1.29, 1.82) is 0 Å². The van der Waals surface area contributed by atoms with Gasteiger partial charge in [-0.15, -0.1) is 0 Å². The predicted octanol–water partition coefficient (Wildman–Crippen LogP) is 0.455. The molecule has 4 nitrogen and oxygen atoms in total.